The van der Waals surface area contributed by atoms with Gasteiger partial charge >= 0.3 is 0 Å². The molecule has 1 aliphatic rings. The molecular weight excluding hydrogens is 454 g/mol. The molecule has 1 aliphatic heterocycles. The summed E-state index contributed by atoms with van der Waals surface area (Å²) in [5.41, 5.74) is 8.71. The van der Waals surface area contributed by atoms with E-state index in [0.717, 1.165) is 59.3 Å². The number of hydrogen-bond donors (Lipinski definition) is 1. The van der Waals surface area contributed by atoms with E-state index in [1.54, 1.807) is 11.3 Å². The second-order valence-electron chi connectivity index (χ2n) is 9.20. The van der Waals surface area contributed by atoms with Crippen molar-refractivity contribution in [2.75, 3.05) is 44.2 Å². The second kappa shape index (κ2) is 11.4. The van der Waals surface area contributed by atoms with Crippen molar-refractivity contribution in [1.82, 2.24) is 14.7 Å². The van der Waals surface area contributed by atoms with Crippen LogP contribution in [0.5, 0.6) is 0 Å². The Labute approximate surface area is 203 Å². The normalized spacial score (nSPS) is 14.3. The minimum absolute atomic E-state index is 0.0571. The first-order valence-electron chi connectivity index (χ1n) is 11.4. The number of aromatic nitrogens is 2. The van der Waals surface area contributed by atoms with Gasteiger partial charge in [-0.25, -0.2) is 19.7 Å². The quantitative estimate of drug-likeness (QED) is 0.462. The van der Waals surface area contributed by atoms with Crippen molar-refractivity contribution in [3.63, 3.8) is 0 Å². The van der Waals surface area contributed by atoms with Crippen molar-refractivity contribution in [1.29, 1.82) is 0 Å². The van der Waals surface area contributed by atoms with Crippen molar-refractivity contribution in [3.05, 3.63) is 28.9 Å². The smallest absolute Gasteiger partial charge is 0.250 e. The van der Waals surface area contributed by atoms with E-state index in [9.17, 15) is 4.79 Å². The fourth-order valence-corrected chi connectivity index (χ4v) is 5.21. The van der Waals surface area contributed by atoms with Crippen molar-refractivity contribution >= 4 is 44.9 Å². The number of aliphatic imine (C=N–C) groups is 1. The fraction of sp³-hybridized carbons (Fsp3) is 0.542. The van der Waals surface area contributed by atoms with Crippen LogP contribution in [0.4, 0.5) is 5.69 Å². The summed E-state index contributed by atoms with van der Waals surface area (Å²) in [7, 11) is -0.557. The van der Waals surface area contributed by atoms with Crippen LogP contribution in [0.1, 0.15) is 38.0 Å². The van der Waals surface area contributed by atoms with E-state index in [1.165, 1.54) is 0 Å². The number of thiophene rings is 1. The SMILES string of the molecule is CCCN(CCC)C(=O)C1=Cc2sc(-c3cnn(COCCS(C)(C)C)c3)cc2N=C(N)C1. The molecule has 3 rings (SSSR count). The second-order valence-corrected chi connectivity index (χ2v) is 14.9. The number of ether oxygens (including phenoxy) is 1. The zero-order chi connectivity index (χ0) is 24.0. The van der Waals surface area contributed by atoms with Crippen LogP contribution in [0.3, 0.4) is 0 Å². The summed E-state index contributed by atoms with van der Waals surface area (Å²) >= 11 is 1.61. The van der Waals surface area contributed by atoms with Gasteiger partial charge in [0.1, 0.15) is 12.6 Å². The lowest BCUT2D eigenvalue weighted by atomic mass is 10.1. The molecule has 9 heteroatoms. The Kier molecular flexibility index (Phi) is 8.78. The van der Waals surface area contributed by atoms with Crippen LogP contribution in [-0.2, 0) is 16.3 Å². The van der Waals surface area contributed by atoms with Gasteiger partial charge in [0.05, 0.1) is 23.4 Å². The number of carbonyl (C=O) groups is 1. The maximum Gasteiger partial charge on any atom is 0.250 e. The van der Waals surface area contributed by atoms with E-state index >= 15 is 0 Å². The summed E-state index contributed by atoms with van der Waals surface area (Å²) < 4.78 is 7.61. The predicted molar refractivity (Wildman–Crippen MR) is 143 cm³/mol. The maximum atomic E-state index is 13.2. The number of rotatable bonds is 11. The molecule has 1 amide bonds. The Balaban J connectivity index is 1.76. The average Bonchev–Trinajstić information content (AvgIpc) is 3.33. The van der Waals surface area contributed by atoms with Crippen molar-refractivity contribution in [3.8, 4) is 10.4 Å². The first-order valence-corrected chi connectivity index (χ1v) is 15.3. The molecule has 33 heavy (non-hydrogen) atoms. The molecular formula is C24H37N5O2S2. The standard InChI is InChI=1S/C24H37N5O2S2/c1-6-8-28(9-7-2)24(30)18-12-22-20(27-23(25)13-18)14-21(32-22)19-15-26-29(16-19)17-31-10-11-33(3,4)5/h12,14-16H,6-11,13,17H2,1-5H3,(H2,25,27). The summed E-state index contributed by atoms with van der Waals surface area (Å²) in [5, 5.41) is 4.44. The lowest BCUT2D eigenvalue weighted by Crippen LogP contribution is -2.34. The van der Waals surface area contributed by atoms with Gasteiger partial charge in [0.25, 0.3) is 0 Å². The number of hydrogen-bond acceptors (Lipinski definition) is 6. The summed E-state index contributed by atoms with van der Waals surface area (Å²) in [6.07, 6.45) is 14.9. The lowest BCUT2D eigenvalue weighted by molar-refractivity contribution is -0.127. The Morgan fingerprint density at radius 3 is 2.67 bits per heavy atom. The molecule has 182 valence electrons. The molecule has 2 aromatic heterocycles. The fourth-order valence-electron chi connectivity index (χ4n) is 3.55. The maximum absolute atomic E-state index is 13.2. The Morgan fingerprint density at radius 2 is 2.00 bits per heavy atom. The minimum atomic E-state index is -0.557. The predicted octanol–water partition coefficient (Wildman–Crippen LogP) is 4.70. The van der Waals surface area contributed by atoms with Gasteiger partial charge in [-0.3, -0.25) is 4.79 Å². The number of fused-ring (bicyclic) bond motifs is 1. The first-order chi connectivity index (χ1) is 15.7. The van der Waals surface area contributed by atoms with Crippen LogP contribution in [0, 0.1) is 0 Å². The zero-order valence-corrected chi connectivity index (χ0v) is 22.1. The highest BCUT2D eigenvalue weighted by Gasteiger charge is 2.22. The molecule has 2 N–H and O–H groups in total. The molecule has 0 atom stereocenters. The Bertz CT molecular complexity index is 1010. The van der Waals surface area contributed by atoms with Gasteiger partial charge in [-0.2, -0.15) is 5.10 Å². The first kappa shape index (κ1) is 25.5. The molecule has 0 saturated heterocycles. The molecule has 0 saturated carbocycles. The highest BCUT2D eigenvalue weighted by molar-refractivity contribution is 8.32. The number of amides is 1. The van der Waals surface area contributed by atoms with Gasteiger partial charge in [0.15, 0.2) is 0 Å². The highest BCUT2D eigenvalue weighted by atomic mass is 32.3. The molecule has 0 bridgehead atoms. The van der Waals surface area contributed by atoms with E-state index in [1.807, 2.05) is 34.1 Å². The van der Waals surface area contributed by atoms with Crippen LogP contribution in [0.2, 0.25) is 0 Å². The van der Waals surface area contributed by atoms with Crippen LogP contribution in [-0.4, -0.2) is 70.6 Å². The van der Waals surface area contributed by atoms with E-state index in [0.29, 0.717) is 24.6 Å². The Hall–Kier alpha value is -2.10. The Morgan fingerprint density at radius 1 is 1.27 bits per heavy atom. The van der Waals surface area contributed by atoms with E-state index in [-0.39, 0.29) is 5.91 Å². The summed E-state index contributed by atoms with van der Waals surface area (Å²) in [6.45, 7) is 6.87. The minimum Gasteiger partial charge on any atom is -0.387 e. The lowest BCUT2D eigenvalue weighted by Gasteiger charge is -2.24. The molecule has 2 aromatic rings. The van der Waals surface area contributed by atoms with E-state index in [2.05, 4.69) is 42.7 Å². The molecule has 0 unspecified atom stereocenters. The monoisotopic (exact) mass is 491 g/mol. The van der Waals surface area contributed by atoms with Gasteiger partial charge in [0, 0.05) is 47.5 Å². The number of amidine groups is 1. The molecule has 0 spiro atoms. The number of carbonyl (C=O) groups excluding carboxylic acids is 1. The zero-order valence-electron chi connectivity index (χ0n) is 20.5. The molecule has 0 aromatic carbocycles. The topological polar surface area (TPSA) is 85.7 Å². The number of nitrogens with zero attached hydrogens (tertiary/aromatic N) is 4. The van der Waals surface area contributed by atoms with Crippen molar-refractivity contribution in [2.24, 2.45) is 10.7 Å². The summed E-state index contributed by atoms with van der Waals surface area (Å²) in [5.74, 6) is 1.61. The molecule has 3 heterocycles. The van der Waals surface area contributed by atoms with Crippen LogP contribution >= 0.6 is 21.4 Å². The van der Waals surface area contributed by atoms with Gasteiger partial charge < -0.3 is 15.4 Å². The highest BCUT2D eigenvalue weighted by Crippen LogP contribution is 2.39. The largest absolute Gasteiger partial charge is 0.387 e. The van der Waals surface area contributed by atoms with Crippen LogP contribution in [0.15, 0.2) is 29.0 Å². The summed E-state index contributed by atoms with van der Waals surface area (Å²) in [4.78, 5) is 21.7. The van der Waals surface area contributed by atoms with Crippen LogP contribution < -0.4 is 5.73 Å². The van der Waals surface area contributed by atoms with Gasteiger partial charge in [-0.1, -0.05) is 13.8 Å². The molecule has 0 aliphatic carbocycles. The third-order valence-corrected chi connectivity index (χ3v) is 7.72. The third-order valence-electron chi connectivity index (χ3n) is 5.21. The van der Waals surface area contributed by atoms with Gasteiger partial charge in [-0.05, 0) is 43.8 Å². The molecule has 0 radical (unpaired) electrons. The van der Waals surface area contributed by atoms with Crippen molar-refractivity contribution in [2.45, 2.75) is 39.8 Å². The molecule has 7 nitrogen and oxygen atoms in total. The van der Waals surface area contributed by atoms with Crippen LogP contribution in [0.25, 0.3) is 16.5 Å². The van der Waals surface area contributed by atoms with Gasteiger partial charge in [-0.15, -0.1) is 11.3 Å². The van der Waals surface area contributed by atoms with Gasteiger partial charge in [0.2, 0.25) is 5.91 Å². The number of nitrogens with two attached hydrogens (primary N) is 1. The third kappa shape index (κ3) is 7.19. The summed E-state index contributed by atoms with van der Waals surface area (Å²) in [6, 6.07) is 2.03. The van der Waals surface area contributed by atoms with Crippen molar-refractivity contribution < 1.29 is 9.53 Å². The average molecular weight is 492 g/mol. The molecule has 0 fully saturated rings. The van der Waals surface area contributed by atoms with E-state index < -0.39 is 10.0 Å². The van der Waals surface area contributed by atoms with E-state index in [4.69, 9.17) is 10.5 Å².